The molecule has 0 amide bonds. The van der Waals surface area contributed by atoms with Crippen LogP contribution in [0, 0.1) is 20.2 Å². The maximum absolute atomic E-state index is 11.4. The quantitative estimate of drug-likeness (QED) is 0.588. The molecule has 0 aromatic rings. The third-order valence-corrected chi connectivity index (χ3v) is 4.95. The fraction of sp³-hybridized carbons (Fsp3) is 0.800. The van der Waals surface area contributed by atoms with E-state index in [1.807, 2.05) is 0 Å². The largest absolute Gasteiger partial charge is 0.395 e. The zero-order valence-electron chi connectivity index (χ0n) is 10.1. The summed E-state index contributed by atoms with van der Waals surface area (Å²) in [6.45, 7) is 0.231. The summed E-state index contributed by atoms with van der Waals surface area (Å²) in [5, 5.41) is 31.8. The summed E-state index contributed by atoms with van der Waals surface area (Å²) >= 11 is 3.19. The Kier molecular flexibility index (Phi) is 3.63. The first-order valence-electron chi connectivity index (χ1n) is 5.85. The van der Waals surface area contributed by atoms with E-state index in [0.717, 1.165) is 0 Å². The molecular formula is C10H14BrN3O5. The van der Waals surface area contributed by atoms with Crippen molar-refractivity contribution in [2.45, 2.75) is 23.9 Å². The number of hydrogen-bond donors (Lipinski definition) is 1. The van der Waals surface area contributed by atoms with Gasteiger partial charge in [-0.1, -0.05) is 6.08 Å². The summed E-state index contributed by atoms with van der Waals surface area (Å²) in [7, 11) is 0. The first kappa shape index (κ1) is 14.4. The highest BCUT2D eigenvalue weighted by molar-refractivity contribution is 9.11. The predicted molar refractivity (Wildman–Crippen MR) is 69.2 cm³/mol. The van der Waals surface area contributed by atoms with Crippen molar-refractivity contribution in [2.75, 3.05) is 26.2 Å². The number of nitro groups is 2. The molecule has 19 heavy (non-hydrogen) atoms. The van der Waals surface area contributed by atoms with E-state index in [1.54, 1.807) is 11.0 Å². The van der Waals surface area contributed by atoms with Gasteiger partial charge in [0.25, 0.3) is 5.54 Å². The van der Waals surface area contributed by atoms with Gasteiger partial charge >= 0.3 is 0 Å². The molecular weight excluding hydrogens is 322 g/mol. The third kappa shape index (κ3) is 2.15. The van der Waals surface area contributed by atoms with Crippen LogP contribution in [0.2, 0.25) is 0 Å². The van der Waals surface area contributed by atoms with Crippen molar-refractivity contribution in [3.63, 3.8) is 0 Å². The number of hydrogen-bond acceptors (Lipinski definition) is 6. The Bertz CT molecular complexity index is 456. The van der Waals surface area contributed by atoms with Gasteiger partial charge < -0.3 is 5.11 Å². The molecule has 1 fully saturated rings. The second kappa shape index (κ2) is 4.80. The van der Waals surface area contributed by atoms with Gasteiger partial charge in [0.1, 0.15) is 0 Å². The Hall–Kier alpha value is -1.06. The summed E-state index contributed by atoms with van der Waals surface area (Å²) in [6, 6.07) is 0. The molecule has 0 aromatic heterocycles. The summed E-state index contributed by atoms with van der Waals surface area (Å²) < 4.78 is 0.394. The molecule has 0 saturated carbocycles. The fourth-order valence-electron chi connectivity index (χ4n) is 2.97. The predicted octanol–water partition coefficient (Wildman–Crippen LogP) is 0.398. The molecule has 2 aliphatic rings. The van der Waals surface area contributed by atoms with Gasteiger partial charge in [0.2, 0.25) is 5.54 Å². The van der Waals surface area contributed by atoms with E-state index < -0.39 is 20.9 Å². The summed E-state index contributed by atoms with van der Waals surface area (Å²) in [5.41, 5.74) is -2.81. The number of aliphatic hydroxyl groups is 1. The second-order valence-corrected chi connectivity index (χ2v) is 5.99. The molecule has 2 bridgehead atoms. The van der Waals surface area contributed by atoms with E-state index in [9.17, 15) is 20.2 Å². The van der Waals surface area contributed by atoms with Crippen LogP contribution in [0.4, 0.5) is 0 Å². The van der Waals surface area contributed by atoms with E-state index in [-0.39, 0.29) is 39.1 Å². The van der Waals surface area contributed by atoms with Gasteiger partial charge in [-0.3, -0.25) is 25.1 Å². The molecule has 2 atom stereocenters. The molecule has 1 N–H and O–H groups in total. The zero-order valence-corrected chi connectivity index (χ0v) is 11.7. The van der Waals surface area contributed by atoms with Gasteiger partial charge in [-0.25, -0.2) is 0 Å². The number of piperidine rings is 1. The summed E-state index contributed by atoms with van der Waals surface area (Å²) in [5.74, 6) is 0. The number of β-amino-alcohol motifs (C(OH)–C–C–N with tert-alkyl or cyclic N) is 1. The van der Waals surface area contributed by atoms with Crippen LogP contribution in [0.5, 0.6) is 0 Å². The molecule has 1 aliphatic carbocycles. The highest BCUT2D eigenvalue weighted by Crippen LogP contribution is 2.46. The van der Waals surface area contributed by atoms with E-state index in [0.29, 0.717) is 4.48 Å². The molecule has 8 nitrogen and oxygen atoms in total. The molecule has 2 unspecified atom stereocenters. The smallest absolute Gasteiger partial charge is 0.272 e. The van der Waals surface area contributed by atoms with Crippen LogP contribution in [0.15, 0.2) is 10.6 Å². The van der Waals surface area contributed by atoms with Gasteiger partial charge in [0, 0.05) is 22.8 Å². The number of aliphatic hydroxyl groups excluding tert-OH is 1. The molecule has 0 spiro atoms. The van der Waals surface area contributed by atoms with Crippen LogP contribution >= 0.6 is 15.9 Å². The maximum Gasteiger partial charge on any atom is 0.272 e. The van der Waals surface area contributed by atoms with Gasteiger partial charge in [0.15, 0.2) is 0 Å². The molecule has 1 aliphatic heterocycles. The third-order valence-electron chi connectivity index (χ3n) is 3.88. The van der Waals surface area contributed by atoms with Crippen molar-refractivity contribution in [2.24, 2.45) is 0 Å². The van der Waals surface area contributed by atoms with Gasteiger partial charge in [-0.15, -0.1) is 0 Å². The van der Waals surface area contributed by atoms with Crippen molar-refractivity contribution >= 4 is 15.9 Å². The molecule has 0 aromatic carbocycles. The Balaban J connectivity index is 2.46. The SMILES string of the molecule is O=[N+]([O-])C12CC=C(Br)C([N+](=O)[O-])(CN(CCO)C1)C2. The van der Waals surface area contributed by atoms with E-state index in [4.69, 9.17) is 5.11 Å². The fourth-order valence-corrected chi connectivity index (χ4v) is 3.54. The van der Waals surface area contributed by atoms with E-state index in [1.165, 1.54) is 0 Å². The van der Waals surface area contributed by atoms with Crippen LogP contribution in [-0.4, -0.2) is 57.2 Å². The molecule has 9 heteroatoms. The van der Waals surface area contributed by atoms with Crippen LogP contribution in [0.3, 0.4) is 0 Å². The maximum atomic E-state index is 11.4. The number of halogens is 1. The molecule has 106 valence electrons. The van der Waals surface area contributed by atoms with Crippen molar-refractivity contribution in [1.82, 2.24) is 4.90 Å². The highest BCUT2D eigenvalue weighted by atomic mass is 79.9. The lowest BCUT2D eigenvalue weighted by Gasteiger charge is -2.45. The highest BCUT2D eigenvalue weighted by Gasteiger charge is 2.65. The first-order chi connectivity index (χ1) is 8.86. The molecule has 1 saturated heterocycles. The standard InChI is InChI=1S/C10H14BrN3O5/c11-8-1-2-9(13(16)17)5-10(8,14(18)19)7-12(6-9)3-4-15/h1,15H,2-7H2. The Morgan fingerprint density at radius 1 is 1.37 bits per heavy atom. The Morgan fingerprint density at radius 3 is 2.58 bits per heavy atom. The first-order valence-corrected chi connectivity index (χ1v) is 6.64. The van der Waals surface area contributed by atoms with Crippen molar-refractivity contribution in [3.05, 3.63) is 30.8 Å². The van der Waals surface area contributed by atoms with E-state index >= 15 is 0 Å². The Labute approximate surface area is 117 Å². The Morgan fingerprint density at radius 2 is 2.05 bits per heavy atom. The minimum atomic E-state index is -1.47. The number of likely N-dealkylation sites (tertiary alicyclic amines) is 1. The normalized spacial score (nSPS) is 34.7. The topological polar surface area (TPSA) is 110 Å². The minimum Gasteiger partial charge on any atom is -0.395 e. The van der Waals surface area contributed by atoms with Crippen LogP contribution < -0.4 is 0 Å². The van der Waals surface area contributed by atoms with E-state index in [2.05, 4.69) is 15.9 Å². The summed E-state index contributed by atoms with van der Waals surface area (Å²) in [6.07, 6.45) is 1.60. The monoisotopic (exact) mass is 335 g/mol. The average Bonchev–Trinajstić information content (AvgIpc) is 2.34. The average molecular weight is 336 g/mol. The van der Waals surface area contributed by atoms with Crippen LogP contribution in [-0.2, 0) is 0 Å². The lowest BCUT2D eigenvalue weighted by atomic mass is 9.72. The number of rotatable bonds is 4. The number of fused-ring (bicyclic) bond motifs is 2. The number of nitrogens with zero attached hydrogens (tertiary/aromatic N) is 3. The second-order valence-electron chi connectivity index (χ2n) is 5.14. The van der Waals surface area contributed by atoms with Crippen molar-refractivity contribution < 1.29 is 15.0 Å². The lowest BCUT2D eigenvalue weighted by Crippen LogP contribution is -2.67. The molecule has 1 heterocycles. The van der Waals surface area contributed by atoms with Crippen molar-refractivity contribution in [3.8, 4) is 0 Å². The molecule has 0 radical (unpaired) electrons. The zero-order chi connectivity index (χ0) is 14.3. The van der Waals surface area contributed by atoms with Gasteiger partial charge in [-0.2, -0.15) is 0 Å². The van der Waals surface area contributed by atoms with Gasteiger partial charge in [0.05, 0.1) is 30.6 Å². The summed E-state index contributed by atoms with van der Waals surface area (Å²) in [4.78, 5) is 23.5. The molecule has 2 rings (SSSR count). The van der Waals surface area contributed by atoms with Crippen molar-refractivity contribution in [1.29, 1.82) is 0 Å². The lowest BCUT2D eigenvalue weighted by molar-refractivity contribution is -0.620. The van der Waals surface area contributed by atoms with Crippen LogP contribution in [0.25, 0.3) is 0 Å². The van der Waals surface area contributed by atoms with Gasteiger partial charge in [-0.05, 0) is 15.9 Å². The minimum absolute atomic E-state index is 0.0766. The van der Waals surface area contributed by atoms with Crippen LogP contribution in [0.1, 0.15) is 12.8 Å².